The molecule has 5 rings (SSSR count). The third-order valence-electron chi connectivity index (χ3n) is 6.55. The van der Waals surface area contributed by atoms with E-state index in [0.29, 0.717) is 15.6 Å². The number of rotatable bonds is 6. The molecule has 1 aromatic carbocycles. The second-order valence-electron chi connectivity index (χ2n) is 8.91. The maximum Gasteiger partial charge on any atom is 0.336 e. The topological polar surface area (TPSA) is 152 Å². The minimum atomic E-state index is -4.35. The van der Waals surface area contributed by atoms with Crippen molar-refractivity contribution in [1.29, 1.82) is 5.26 Å². The first-order valence-electron chi connectivity index (χ1n) is 11.6. The number of piperazine rings is 1. The van der Waals surface area contributed by atoms with E-state index >= 15 is 0 Å². The molecule has 1 atom stereocenters. The molecule has 0 aliphatic carbocycles. The first-order valence-corrected chi connectivity index (χ1v) is 16.4. The van der Waals surface area contributed by atoms with Gasteiger partial charge in [-0.1, -0.05) is 17.7 Å². The zero-order valence-corrected chi connectivity index (χ0v) is 23.8. The van der Waals surface area contributed by atoms with Crippen molar-refractivity contribution >= 4 is 70.6 Å². The van der Waals surface area contributed by atoms with Crippen LogP contribution in [0.25, 0.3) is 10.1 Å². The third-order valence-corrected chi connectivity index (χ3v) is 12.2. The van der Waals surface area contributed by atoms with Crippen LogP contribution in [0.15, 0.2) is 28.5 Å². The van der Waals surface area contributed by atoms with E-state index in [9.17, 15) is 26.2 Å². The van der Waals surface area contributed by atoms with E-state index in [2.05, 4.69) is 11.1 Å². The lowest BCUT2D eigenvalue weighted by Crippen LogP contribution is -2.56. The molecular weight excluding hydrogens is 594 g/mol. The molecule has 11 nitrogen and oxygen atoms in total. The Morgan fingerprint density at radius 1 is 1.16 bits per heavy atom. The number of thiophene rings is 1. The molecule has 202 valence electrons. The van der Waals surface area contributed by atoms with Crippen LogP contribution >= 0.6 is 34.3 Å². The fraction of sp³-hybridized carbons (Fsp3) is 0.409. The number of halogens is 1. The molecule has 1 unspecified atom stereocenters. The van der Waals surface area contributed by atoms with Gasteiger partial charge in [0.2, 0.25) is 0 Å². The van der Waals surface area contributed by atoms with Gasteiger partial charge in [0.1, 0.15) is 4.21 Å². The predicted octanol–water partition coefficient (Wildman–Crippen LogP) is 2.99. The Morgan fingerprint density at radius 2 is 1.95 bits per heavy atom. The Kier molecular flexibility index (Phi) is 7.52. The standard InChI is InChI=1S/C22H22ClN5O6S4/c23-15-4-3-14-10-20(35-18(14)11-15)37(30,31)26-8-9-28(16(12-26)2-1-6-24)22(29)21-25-17-5-7-27(38(32,33)34)13-19(17)36-21/h3-4,10-11,16H,1-2,5,7-9,12-13H2,(H,32,33,34). The Bertz CT molecular complexity index is 1660. The fourth-order valence-electron chi connectivity index (χ4n) is 4.61. The highest BCUT2D eigenvalue weighted by Gasteiger charge is 2.38. The number of carbonyl (C=O) groups excluding carboxylic acids is 1. The molecule has 2 aliphatic heterocycles. The number of thiazole rings is 1. The molecule has 1 N–H and O–H groups in total. The van der Waals surface area contributed by atoms with Crippen LogP contribution in [0.5, 0.6) is 0 Å². The van der Waals surface area contributed by atoms with E-state index in [1.54, 1.807) is 29.2 Å². The summed E-state index contributed by atoms with van der Waals surface area (Å²) in [6.07, 6.45) is 0.697. The summed E-state index contributed by atoms with van der Waals surface area (Å²) in [5.41, 5.74) is 0.609. The van der Waals surface area contributed by atoms with E-state index in [-0.39, 0.29) is 67.1 Å². The Morgan fingerprint density at radius 3 is 2.68 bits per heavy atom. The highest BCUT2D eigenvalue weighted by atomic mass is 35.5. The summed E-state index contributed by atoms with van der Waals surface area (Å²) < 4.78 is 62.6. The van der Waals surface area contributed by atoms with E-state index in [0.717, 1.165) is 37.1 Å². The van der Waals surface area contributed by atoms with Crippen LogP contribution in [-0.2, 0) is 33.3 Å². The van der Waals surface area contributed by atoms with Crippen LogP contribution in [0.2, 0.25) is 5.02 Å². The molecular formula is C22H22ClN5O6S4. The zero-order chi connectivity index (χ0) is 27.2. The van der Waals surface area contributed by atoms with Crippen molar-refractivity contribution in [3.05, 3.63) is 44.9 Å². The van der Waals surface area contributed by atoms with Crippen LogP contribution in [0.3, 0.4) is 0 Å². The molecule has 4 heterocycles. The maximum absolute atomic E-state index is 13.5. The number of hydrogen-bond donors (Lipinski definition) is 1. The number of amides is 1. The largest absolute Gasteiger partial charge is 0.336 e. The number of nitrogens with zero attached hydrogens (tertiary/aromatic N) is 5. The van der Waals surface area contributed by atoms with Gasteiger partial charge in [-0.05, 0) is 30.0 Å². The minimum absolute atomic E-state index is 0.0341. The second-order valence-corrected chi connectivity index (χ2v) is 15.1. The minimum Gasteiger partial charge on any atom is -0.331 e. The van der Waals surface area contributed by atoms with E-state index in [1.807, 2.05) is 0 Å². The first kappa shape index (κ1) is 27.4. The van der Waals surface area contributed by atoms with Crippen molar-refractivity contribution in [2.75, 3.05) is 26.2 Å². The molecule has 3 aromatic rings. The van der Waals surface area contributed by atoms with E-state index in [4.69, 9.17) is 16.9 Å². The van der Waals surface area contributed by atoms with Gasteiger partial charge in [0, 0.05) is 59.7 Å². The summed E-state index contributed by atoms with van der Waals surface area (Å²) >= 11 is 8.25. The van der Waals surface area contributed by atoms with Crippen molar-refractivity contribution in [3.8, 4) is 6.07 Å². The number of carbonyl (C=O) groups is 1. The van der Waals surface area contributed by atoms with Crippen molar-refractivity contribution in [1.82, 2.24) is 18.5 Å². The molecule has 1 fully saturated rings. The second kappa shape index (κ2) is 10.4. The number of nitriles is 1. The number of sulfonamides is 1. The summed E-state index contributed by atoms with van der Waals surface area (Å²) in [5, 5.41) is 10.6. The summed E-state index contributed by atoms with van der Waals surface area (Å²) in [6.45, 7) is 0.226. The number of aromatic nitrogens is 1. The van der Waals surface area contributed by atoms with E-state index < -0.39 is 26.4 Å². The molecule has 0 radical (unpaired) electrons. The van der Waals surface area contributed by atoms with Crippen molar-refractivity contribution < 1.29 is 26.2 Å². The average Bonchev–Trinajstić information content (AvgIpc) is 3.50. The van der Waals surface area contributed by atoms with Gasteiger partial charge in [0.25, 0.3) is 15.9 Å². The molecule has 38 heavy (non-hydrogen) atoms. The van der Waals surface area contributed by atoms with Gasteiger partial charge in [-0.25, -0.2) is 13.4 Å². The van der Waals surface area contributed by atoms with Gasteiger partial charge in [-0.15, -0.1) is 22.7 Å². The molecule has 0 saturated carbocycles. The highest BCUT2D eigenvalue weighted by Crippen LogP contribution is 2.34. The summed E-state index contributed by atoms with van der Waals surface area (Å²) in [5.74, 6) is -0.390. The van der Waals surface area contributed by atoms with E-state index in [1.165, 1.54) is 4.31 Å². The van der Waals surface area contributed by atoms with Crippen molar-refractivity contribution in [2.24, 2.45) is 0 Å². The molecule has 2 aromatic heterocycles. The number of hydrogen-bond acceptors (Lipinski definition) is 9. The van der Waals surface area contributed by atoms with Crippen LogP contribution in [0.4, 0.5) is 0 Å². The zero-order valence-electron chi connectivity index (χ0n) is 19.8. The normalized spacial score (nSPS) is 19.4. The maximum atomic E-state index is 13.5. The SMILES string of the molecule is N#CCCC1CN(S(=O)(=O)c2cc3ccc(Cl)cc3s2)CCN1C(=O)c1nc2c(s1)CN(S(=O)(=O)O)CC2. The average molecular weight is 616 g/mol. The quantitative estimate of drug-likeness (QED) is 0.416. The van der Waals surface area contributed by atoms with Crippen LogP contribution in [0, 0.1) is 11.3 Å². The van der Waals surface area contributed by atoms with Gasteiger partial charge in [-0.3, -0.25) is 9.35 Å². The van der Waals surface area contributed by atoms with Gasteiger partial charge in [0.05, 0.1) is 18.3 Å². The number of benzene rings is 1. The monoisotopic (exact) mass is 615 g/mol. The molecule has 16 heteroatoms. The Hall–Kier alpha value is -2.16. The van der Waals surface area contributed by atoms with Gasteiger partial charge in [-0.2, -0.15) is 22.3 Å². The fourth-order valence-corrected chi connectivity index (χ4v) is 9.68. The van der Waals surface area contributed by atoms with Crippen LogP contribution in [-0.4, -0.2) is 78.0 Å². The molecule has 0 bridgehead atoms. The highest BCUT2D eigenvalue weighted by molar-refractivity contribution is 7.91. The number of fused-ring (bicyclic) bond motifs is 2. The lowest BCUT2D eigenvalue weighted by molar-refractivity contribution is 0.0552. The molecule has 0 spiro atoms. The lowest BCUT2D eigenvalue weighted by atomic mass is 10.1. The van der Waals surface area contributed by atoms with Gasteiger partial charge < -0.3 is 4.90 Å². The van der Waals surface area contributed by atoms with Crippen molar-refractivity contribution in [3.63, 3.8) is 0 Å². The Balaban J connectivity index is 1.37. The smallest absolute Gasteiger partial charge is 0.331 e. The summed E-state index contributed by atoms with van der Waals surface area (Å²) in [7, 11) is -8.20. The predicted molar refractivity (Wildman–Crippen MR) is 143 cm³/mol. The summed E-state index contributed by atoms with van der Waals surface area (Å²) in [6, 6.07) is 8.33. The van der Waals surface area contributed by atoms with Crippen LogP contribution in [0.1, 0.15) is 33.2 Å². The Labute approximate surface area is 232 Å². The van der Waals surface area contributed by atoms with Crippen LogP contribution < -0.4 is 0 Å². The third kappa shape index (κ3) is 5.32. The molecule has 1 saturated heterocycles. The summed E-state index contributed by atoms with van der Waals surface area (Å²) in [4.78, 5) is 20.0. The van der Waals surface area contributed by atoms with Crippen molar-refractivity contribution in [2.45, 2.75) is 36.1 Å². The molecule has 1 amide bonds. The van der Waals surface area contributed by atoms with Gasteiger partial charge >= 0.3 is 10.3 Å². The lowest BCUT2D eigenvalue weighted by Gasteiger charge is -2.40. The van der Waals surface area contributed by atoms with Gasteiger partial charge in [0.15, 0.2) is 5.01 Å². The first-order chi connectivity index (χ1) is 18.0. The molecule has 2 aliphatic rings.